The van der Waals surface area contributed by atoms with Crippen LogP contribution in [0.2, 0.25) is 0 Å². The molecular formula is C18H28N2. The molecule has 1 aromatic rings. The third kappa shape index (κ3) is 2.91. The van der Waals surface area contributed by atoms with E-state index in [4.69, 9.17) is 0 Å². The lowest BCUT2D eigenvalue weighted by molar-refractivity contribution is 0.0270. The van der Waals surface area contributed by atoms with Crippen LogP contribution in [0.1, 0.15) is 43.2 Å². The molecule has 0 amide bonds. The summed E-state index contributed by atoms with van der Waals surface area (Å²) >= 11 is 0. The van der Waals surface area contributed by atoms with Crippen LogP contribution < -0.4 is 5.32 Å². The normalized spacial score (nSPS) is 30.4. The van der Waals surface area contributed by atoms with Gasteiger partial charge in [0, 0.05) is 24.7 Å². The number of benzene rings is 1. The van der Waals surface area contributed by atoms with E-state index < -0.39 is 0 Å². The number of aryl methyl sites for hydroxylation is 1. The van der Waals surface area contributed by atoms with Gasteiger partial charge in [-0.1, -0.05) is 30.7 Å². The number of fused-ring (bicyclic) bond motifs is 2. The summed E-state index contributed by atoms with van der Waals surface area (Å²) in [6, 6.07) is 11.3. The molecule has 2 heterocycles. The maximum Gasteiger partial charge on any atom is 0.0113 e. The molecule has 3 rings (SSSR count). The Bertz CT molecular complexity index is 429. The molecule has 110 valence electrons. The monoisotopic (exact) mass is 272 g/mol. The summed E-state index contributed by atoms with van der Waals surface area (Å²) in [5.74, 6) is 0. The van der Waals surface area contributed by atoms with E-state index in [1.165, 1.54) is 56.2 Å². The Morgan fingerprint density at radius 2 is 1.85 bits per heavy atom. The molecule has 2 fully saturated rings. The zero-order valence-electron chi connectivity index (χ0n) is 12.9. The fraction of sp³-hybridized carbons (Fsp3) is 0.667. The second kappa shape index (κ2) is 6.28. The number of nitrogens with zero attached hydrogens (tertiary/aromatic N) is 1. The summed E-state index contributed by atoms with van der Waals surface area (Å²) in [6.07, 6.45) is 8.16. The molecule has 2 atom stereocenters. The predicted molar refractivity (Wildman–Crippen MR) is 85.1 cm³/mol. The van der Waals surface area contributed by atoms with E-state index in [1.807, 2.05) is 0 Å². The van der Waals surface area contributed by atoms with Crippen molar-refractivity contribution >= 4 is 0 Å². The van der Waals surface area contributed by atoms with Gasteiger partial charge in [-0.25, -0.2) is 0 Å². The van der Waals surface area contributed by atoms with Crippen molar-refractivity contribution in [1.29, 1.82) is 0 Å². The predicted octanol–water partition coefficient (Wildman–Crippen LogP) is 3.14. The van der Waals surface area contributed by atoms with Gasteiger partial charge in [0.2, 0.25) is 0 Å². The van der Waals surface area contributed by atoms with Crippen LogP contribution in [0.15, 0.2) is 24.3 Å². The lowest BCUT2D eigenvalue weighted by Crippen LogP contribution is -2.56. The van der Waals surface area contributed by atoms with Crippen LogP contribution >= 0.6 is 0 Å². The average Bonchev–Trinajstić information content (AvgIpc) is 2.45. The van der Waals surface area contributed by atoms with Gasteiger partial charge in [-0.2, -0.15) is 0 Å². The molecule has 2 saturated heterocycles. The van der Waals surface area contributed by atoms with Gasteiger partial charge < -0.3 is 5.32 Å². The van der Waals surface area contributed by atoms with Crippen molar-refractivity contribution in [2.45, 2.75) is 63.6 Å². The average molecular weight is 272 g/mol. The molecule has 2 nitrogen and oxygen atoms in total. The topological polar surface area (TPSA) is 15.3 Å². The zero-order chi connectivity index (χ0) is 13.9. The summed E-state index contributed by atoms with van der Waals surface area (Å²) in [6.45, 7) is 3.49. The van der Waals surface area contributed by atoms with Crippen molar-refractivity contribution in [3.05, 3.63) is 35.4 Å². The third-order valence-electron chi connectivity index (χ3n) is 5.43. The van der Waals surface area contributed by atoms with Gasteiger partial charge in [0.05, 0.1) is 0 Å². The van der Waals surface area contributed by atoms with Crippen molar-refractivity contribution in [2.24, 2.45) is 0 Å². The fourth-order valence-corrected chi connectivity index (χ4v) is 4.22. The Morgan fingerprint density at radius 3 is 2.50 bits per heavy atom. The number of rotatable bonds is 4. The van der Waals surface area contributed by atoms with E-state index >= 15 is 0 Å². The quantitative estimate of drug-likeness (QED) is 0.906. The number of piperidine rings is 2. The first kappa shape index (κ1) is 14.1. The van der Waals surface area contributed by atoms with Crippen LogP contribution in [0.25, 0.3) is 0 Å². The molecule has 0 spiro atoms. The molecule has 2 unspecified atom stereocenters. The standard InChI is InChI=1S/C18H28N2/c1-14-6-3-4-7-15(14)10-11-20-17-8-5-9-18(20)13-16(12-17)19-2/h3-4,6-7,16-19H,5,8-13H2,1-2H3. The minimum absolute atomic E-state index is 0.750. The highest BCUT2D eigenvalue weighted by atomic mass is 15.2. The van der Waals surface area contributed by atoms with Crippen molar-refractivity contribution in [3.8, 4) is 0 Å². The van der Waals surface area contributed by atoms with Crippen LogP contribution in [-0.2, 0) is 6.42 Å². The van der Waals surface area contributed by atoms with Crippen molar-refractivity contribution in [1.82, 2.24) is 10.2 Å². The van der Waals surface area contributed by atoms with Crippen LogP contribution in [0, 0.1) is 6.92 Å². The molecule has 1 N–H and O–H groups in total. The van der Waals surface area contributed by atoms with E-state index in [0.29, 0.717) is 0 Å². The maximum atomic E-state index is 3.51. The molecule has 2 aliphatic rings. The first-order valence-electron chi connectivity index (χ1n) is 8.25. The van der Waals surface area contributed by atoms with Gasteiger partial charge in [0.1, 0.15) is 0 Å². The Labute approximate surface area is 123 Å². The molecule has 0 radical (unpaired) electrons. The maximum absolute atomic E-state index is 3.51. The van der Waals surface area contributed by atoms with E-state index in [9.17, 15) is 0 Å². The summed E-state index contributed by atoms with van der Waals surface area (Å²) in [4.78, 5) is 2.82. The highest BCUT2D eigenvalue weighted by molar-refractivity contribution is 5.25. The molecular weight excluding hydrogens is 244 g/mol. The molecule has 0 aliphatic carbocycles. The van der Waals surface area contributed by atoms with Gasteiger partial charge in [-0.05, 0) is 57.2 Å². The highest BCUT2D eigenvalue weighted by Gasteiger charge is 2.37. The molecule has 1 aromatic carbocycles. The lowest BCUT2D eigenvalue weighted by Gasteiger charge is -2.49. The minimum atomic E-state index is 0.750. The Balaban J connectivity index is 1.64. The zero-order valence-corrected chi connectivity index (χ0v) is 12.9. The van der Waals surface area contributed by atoms with Crippen LogP contribution in [0.5, 0.6) is 0 Å². The fourth-order valence-electron chi connectivity index (χ4n) is 4.22. The van der Waals surface area contributed by atoms with Gasteiger partial charge >= 0.3 is 0 Å². The summed E-state index contributed by atoms with van der Waals surface area (Å²) in [5.41, 5.74) is 2.98. The van der Waals surface area contributed by atoms with Crippen LogP contribution in [0.3, 0.4) is 0 Å². The van der Waals surface area contributed by atoms with E-state index in [2.05, 4.69) is 48.5 Å². The van der Waals surface area contributed by atoms with Gasteiger partial charge in [-0.15, -0.1) is 0 Å². The summed E-state index contributed by atoms with van der Waals surface area (Å²) in [5, 5.41) is 3.51. The largest absolute Gasteiger partial charge is 0.317 e. The lowest BCUT2D eigenvalue weighted by atomic mass is 9.81. The molecule has 20 heavy (non-hydrogen) atoms. The molecule has 2 heteroatoms. The van der Waals surface area contributed by atoms with Gasteiger partial charge in [-0.3, -0.25) is 4.90 Å². The van der Waals surface area contributed by atoms with Crippen molar-refractivity contribution in [3.63, 3.8) is 0 Å². The SMILES string of the molecule is CNC1CC2CCCC(C1)N2CCc1ccccc1C. The van der Waals surface area contributed by atoms with E-state index in [0.717, 1.165) is 18.1 Å². The van der Waals surface area contributed by atoms with Crippen molar-refractivity contribution < 1.29 is 0 Å². The van der Waals surface area contributed by atoms with Gasteiger partial charge in [0.15, 0.2) is 0 Å². The van der Waals surface area contributed by atoms with E-state index in [1.54, 1.807) is 0 Å². The highest BCUT2D eigenvalue weighted by Crippen LogP contribution is 2.34. The minimum Gasteiger partial charge on any atom is -0.317 e. The summed E-state index contributed by atoms with van der Waals surface area (Å²) in [7, 11) is 2.13. The number of hydrogen-bond donors (Lipinski definition) is 1. The summed E-state index contributed by atoms with van der Waals surface area (Å²) < 4.78 is 0. The van der Waals surface area contributed by atoms with Crippen LogP contribution in [0.4, 0.5) is 0 Å². The molecule has 0 saturated carbocycles. The molecule has 2 bridgehead atoms. The van der Waals surface area contributed by atoms with E-state index in [-0.39, 0.29) is 0 Å². The third-order valence-corrected chi connectivity index (χ3v) is 5.43. The first-order valence-corrected chi connectivity index (χ1v) is 8.25. The Morgan fingerprint density at radius 1 is 1.15 bits per heavy atom. The second-order valence-electron chi connectivity index (χ2n) is 6.61. The Hall–Kier alpha value is -0.860. The van der Waals surface area contributed by atoms with Crippen LogP contribution in [-0.4, -0.2) is 36.6 Å². The first-order chi connectivity index (χ1) is 9.78. The molecule has 2 aliphatic heterocycles. The second-order valence-corrected chi connectivity index (χ2v) is 6.61. The smallest absolute Gasteiger partial charge is 0.0113 e. The van der Waals surface area contributed by atoms with Gasteiger partial charge in [0.25, 0.3) is 0 Å². The number of hydrogen-bond acceptors (Lipinski definition) is 2. The number of nitrogens with one attached hydrogen (secondary N) is 1. The Kier molecular flexibility index (Phi) is 4.42. The van der Waals surface area contributed by atoms with Crippen molar-refractivity contribution in [2.75, 3.05) is 13.6 Å². The molecule has 0 aromatic heterocycles.